The van der Waals surface area contributed by atoms with Crippen LogP contribution in [0.25, 0.3) is 67.3 Å². The lowest BCUT2D eigenvalue weighted by Gasteiger charge is -2.21. The van der Waals surface area contributed by atoms with Crippen molar-refractivity contribution in [2.24, 2.45) is 0 Å². The second-order valence-electron chi connectivity index (χ2n) is 13.2. The maximum atomic E-state index is 2.46. The van der Waals surface area contributed by atoms with E-state index in [4.69, 9.17) is 0 Å². The topological polar surface area (TPSA) is 0 Å². The molecule has 2 aliphatic rings. The summed E-state index contributed by atoms with van der Waals surface area (Å²) >= 11 is 0. The van der Waals surface area contributed by atoms with Crippen molar-refractivity contribution in [1.29, 1.82) is 0 Å². The van der Waals surface area contributed by atoms with Gasteiger partial charge in [-0.15, -0.1) is 0 Å². The first-order valence-corrected chi connectivity index (χ1v) is 17.5. The molecule has 236 valence electrons. The number of hydrogen-bond donors (Lipinski definition) is 0. The Morgan fingerprint density at radius 1 is 0.400 bits per heavy atom. The lowest BCUT2D eigenvalue weighted by atomic mass is 9.82. The maximum Gasteiger partial charge on any atom is -0.000705 e. The Bertz CT molecular complexity index is 2420. The number of fused-ring (bicyclic) bond motifs is 3. The molecule has 7 aromatic carbocycles. The summed E-state index contributed by atoms with van der Waals surface area (Å²) in [6, 6.07) is 61.9. The number of rotatable bonds is 6. The van der Waals surface area contributed by atoms with Crippen LogP contribution in [-0.4, -0.2) is 0 Å². The molecule has 0 bridgehead atoms. The minimum absolute atomic E-state index is 0.918. The zero-order chi connectivity index (χ0) is 33.3. The zero-order valence-electron chi connectivity index (χ0n) is 27.9. The molecule has 0 heteroatoms. The standard InChI is InChI=1S/C50H36/c1-4-14-35(15-5-1)32-36-24-26-37(27-25-36)43-21-12-13-22-44(43)38-28-30-39(31-29-38)46-34-47-45-23-11-10-20-42(45)33-48(47)50(41-18-8-3-9-19-41)49(46)40-16-6-2-7-17-40/h1-24,26-32,34H,25,33H2. The van der Waals surface area contributed by atoms with Gasteiger partial charge < -0.3 is 0 Å². The van der Waals surface area contributed by atoms with Gasteiger partial charge in [0.25, 0.3) is 0 Å². The van der Waals surface area contributed by atoms with Gasteiger partial charge in [-0.2, -0.15) is 0 Å². The molecule has 0 saturated heterocycles. The van der Waals surface area contributed by atoms with Crippen LogP contribution in [0.3, 0.4) is 0 Å². The highest BCUT2D eigenvalue weighted by atomic mass is 14.3. The van der Waals surface area contributed by atoms with Crippen LogP contribution in [0.15, 0.2) is 194 Å². The summed E-state index contributed by atoms with van der Waals surface area (Å²) in [6.07, 6.45) is 11.0. The fraction of sp³-hybridized carbons (Fsp3) is 0.0400. The quantitative estimate of drug-likeness (QED) is 0.170. The van der Waals surface area contributed by atoms with Crippen LogP contribution < -0.4 is 0 Å². The summed E-state index contributed by atoms with van der Waals surface area (Å²) in [6.45, 7) is 0. The van der Waals surface area contributed by atoms with Crippen molar-refractivity contribution in [3.63, 3.8) is 0 Å². The van der Waals surface area contributed by atoms with E-state index in [0.29, 0.717) is 0 Å². The molecule has 0 heterocycles. The van der Waals surface area contributed by atoms with Crippen LogP contribution in [-0.2, 0) is 6.42 Å². The van der Waals surface area contributed by atoms with Gasteiger partial charge in [-0.3, -0.25) is 0 Å². The molecule has 7 aromatic rings. The third-order valence-electron chi connectivity index (χ3n) is 10.2. The average molecular weight is 637 g/mol. The van der Waals surface area contributed by atoms with Crippen molar-refractivity contribution >= 4 is 11.6 Å². The van der Waals surface area contributed by atoms with Crippen LogP contribution in [0.5, 0.6) is 0 Å². The summed E-state index contributed by atoms with van der Waals surface area (Å²) in [7, 11) is 0. The first-order chi connectivity index (χ1) is 24.8. The van der Waals surface area contributed by atoms with E-state index in [1.54, 1.807) is 0 Å². The molecule has 2 aliphatic carbocycles. The Morgan fingerprint density at radius 2 is 0.960 bits per heavy atom. The molecule has 0 nitrogen and oxygen atoms in total. The molecule has 0 saturated carbocycles. The molecule has 0 amide bonds. The first kappa shape index (κ1) is 29.9. The SMILES string of the molecule is C1=CC(c2ccccc2-c2ccc(-c3cc4c(c(-c5ccccc5)c3-c3ccccc3)Cc3ccccc3-4)cc2)=CCC1=Cc1ccccc1. The predicted octanol–water partition coefficient (Wildman–Crippen LogP) is 13.4. The third-order valence-corrected chi connectivity index (χ3v) is 10.2. The molecule has 0 radical (unpaired) electrons. The van der Waals surface area contributed by atoms with Crippen molar-refractivity contribution in [1.82, 2.24) is 0 Å². The average Bonchev–Trinajstić information content (AvgIpc) is 3.57. The van der Waals surface area contributed by atoms with Crippen LogP contribution in [0.1, 0.15) is 28.7 Å². The van der Waals surface area contributed by atoms with E-state index in [2.05, 4.69) is 194 Å². The summed E-state index contributed by atoms with van der Waals surface area (Å²) in [5.74, 6) is 0. The van der Waals surface area contributed by atoms with Crippen molar-refractivity contribution in [3.8, 4) is 55.6 Å². The predicted molar refractivity (Wildman–Crippen MR) is 213 cm³/mol. The van der Waals surface area contributed by atoms with Crippen LogP contribution in [0.2, 0.25) is 0 Å². The molecule has 0 N–H and O–H groups in total. The highest BCUT2D eigenvalue weighted by Gasteiger charge is 2.27. The minimum atomic E-state index is 0.918. The summed E-state index contributed by atoms with van der Waals surface area (Å²) in [4.78, 5) is 0. The molecule has 0 fully saturated rings. The summed E-state index contributed by atoms with van der Waals surface area (Å²) < 4.78 is 0. The van der Waals surface area contributed by atoms with Gasteiger partial charge >= 0.3 is 0 Å². The Hall–Kier alpha value is -6.24. The minimum Gasteiger partial charge on any atom is -0.0722 e. The first-order valence-electron chi connectivity index (χ1n) is 17.5. The fourth-order valence-electron chi connectivity index (χ4n) is 7.78. The van der Waals surface area contributed by atoms with E-state index in [1.165, 1.54) is 89.0 Å². The van der Waals surface area contributed by atoms with Gasteiger partial charge in [0.05, 0.1) is 0 Å². The van der Waals surface area contributed by atoms with Gasteiger partial charge in [0.1, 0.15) is 0 Å². The van der Waals surface area contributed by atoms with E-state index in [9.17, 15) is 0 Å². The van der Waals surface area contributed by atoms with Gasteiger partial charge in [0, 0.05) is 0 Å². The monoisotopic (exact) mass is 636 g/mol. The second-order valence-corrected chi connectivity index (χ2v) is 13.2. The molecular weight excluding hydrogens is 601 g/mol. The molecule has 0 atom stereocenters. The van der Waals surface area contributed by atoms with E-state index >= 15 is 0 Å². The van der Waals surface area contributed by atoms with Crippen LogP contribution in [0, 0.1) is 0 Å². The Kier molecular flexibility index (Phi) is 7.76. The Balaban J connectivity index is 1.14. The molecule has 0 unspecified atom stereocenters. The van der Waals surface area contributed by atoms with E-state index in [1.807, 2.05) is 0 Å². The lowest BCUT2D eigenvalue weighted by Crippen LogP contribution is -1.97. The van der Waals surface area contributed by atoms with E-state index in [0.717, 1.165) is 12.8 Å². The fourth-order valence-corrected chi connectivity index (χ4v) is 7.78. The van der Waals surface area contributed by atoms with E-state index < -0.39 is 0 Å². The number of allylic oxidation sites excluding steroid dienone is 5. The van der Waals surface area contributed by atoms with Crippen molar-refractivity contribution in [2.45, 2.75) is 12.8 Å². The van der Waals surface area contributed by atoms with Gasteiger partial charge in [-0.1, -0.05) is 188 Å². The molecular formula is C50H36. The second kappa shape index (κ2) is 13.0. The van der Waals surface area contributed by atoms with Crippen molar-refractivity contribution < 1.29 is 0 Å². The summed E-state index contributed by atoms with van der Waals surface area (Å²) in [5, 5.41) is 0. The van der Waals surface area contributed by atoms with Crippen LogP contribution in [0.4, 0.5) is 0 Å². The van der Waals surface area contributed by atoms with Crippen molar-refractivity contribution in [3.05, 3.63) is 216 Å². The number of benzene rings is 7. The zero-order valence-corrected chi connectivity index (χ0v) is 27.9. The number of hydrogen-bond acceptors (Lipinski definition) is 0. The highest BCUT2D eigenvalue weighted by Crippen LogP contribution is 2.50. The lowest BCUT2D eigenvalue weighted by molar-refractivity contribution is 1.26. The molecule has 0 aliphatic heterocycles. The van der Waals surface area contributed by atoms with Gasteiger partial charge in [0.2, 0.25) is 0 Å². The summed E-state index contributed by atoms with van der Waals surface area (Å²) in [5.41, 5.74) is 20.7. The third kappa shape index (κ3) is 5.55. The smallest absolute Gasteiger partial charge is 0.000705 e. The van der Waals surface area contributed by atoms with Gasteiger partial charge in [0.15, 0.2) is 0 Å². The van der Waals surface area contributed by atoms with E-state index in [-0.39, 0.29) is 0 Å². The molecule has 9 rings (SSSR count). The Morgan fingerprint density at radius 3 is 1.62 bits per heavy atom. The molecule has 0 aromatic heterocycles. The molecule has 50 heavy (non-hydrogen) atoms. The van der Waals surface area contributed by atoms with Gasteiger partial charge in [-0.05, 0) is 108 Å². The van der Waals surface area contributed by atoms with Crippen molar-refractivity contribution in [2.75, 3.05) is 0 Å². The highest BCUT2D eigenvalue weighted by molar-refractivity contribution is 6.02. The largest absolute Gasteiger partial charge is 0.0722 e. The normalized spacial score (nSPS) is 13.9. The maximum absolute atomic E-state index is 2.46. The van der Waals surface area contributed by atoms with Gasteiger partial charge in [-0.25, -0.2) is 0 Å². The van der Waals surface area contributed by atoms with Crippen LogP contribution >= 0.6 is 0 Å². The Labute approximate surface area is 295 Å². The molecule has 0 spiro atoms.